The van der Waals surface area contributed by atoms with Crippen LogP contribution in [0.25, 0.3) is 0 Å². The minimum atomic E-state index is -0.00812. The second-order valence-corrected chi connectivity index (χ2v) is 6.31. The lowest BCUT2D eigenvalue weighted by Crippen LogP contribution is -2.29. The highest BCUT2D eigenvalue weighted by Gasteiger charge is 2.07. The van der Waals surface area contributed by atoms with Crippen LogP contribution in [-0.4, -0.2) is 12.6 Å². The molecule has 1 aromatic heterocycles. The zero-order valence-electron chi connectivity index (χ0n) is 9.61. The molecule has 2 aromatic rings. The first-order valence-corrected chi connectivity index (χ1v) is 7.55. The maximum Gasteiger partial charge on any atom is 0.119 e. The van der Waals surface area contributed by atoms with Gasteiger partial charge in [0.1, 0.15) is 12.4 Å². The number of hydrogen-bond acceptors (Lipinski definition) is 3. The van der Waals surface area contributed by atoms with E-state index in [0.717, 1.165) is 16.6 Å². The van der Waals surface area contributed by atoms with Gasteiger partial charge in [0, 0.05) is 32.2 Å². The molecule has 0 bridgehead atoms. The standard InChI is InChI=1S/C13H13BrClNOS/c14-9-5-13(18-8-9)6-11(16)7-17-12-3-1-10(15)2-4-12/h1-5,8,11H,6-7,16H2. The van der Waals surface area contributed by atoms with E-state index in [1.165, 1.54) is 4.88 Å². The molecule has 1 heterocycles. The van der Waals surface area contributed by atoms with E-state index in [1.54, 1.807) is 23.5 Å². The number of halogens is 2. The maximum absolute atomic E-state index is 6.03. The van der Waals surface area contributed by atoms with E-state index in [2.05, 4.69) is 27.4 Å². The Morgan fingerprint density at radius 1 is 1.33 bits per heavy atom. The monoisotopic (exact) mass is 345 g/mol. The van der Waals surface area contributed by atoms with E-state index in [-0.39, 0.29) is 6.04 Å². The smallest absolute Gasteiger partial charge is 0.119 e. The van der Waals surface area contributed by atoms with Crippen LogP contribution in [0.15, 0.2) is 40.2 Å². The molecule has 2 nitrogen and oxygen atoms in total. The summed E-state index contributed by atoms with van der Waals surface area (Å²) < 4.78 is 6.72. The van der Waals surface area contributed by atoms with Gasteiger partial charge < -0.3 is 10.5 Å². The summed E-state index contributed by atoms with van der Waals surface area (Å²) in [4.78, 5) is 1.26. The Morgan fingerprint density at radius 3 is 2.67 bits per heavy atom. The fourth-order valence-electron chi connectivity index (χ4n) is 1.51. The van der Waals surface area contributed by atoms with Crippen molar-refractivity contribution in [3.63, 3.8) is 0 Å². The highest BCUT2D eigenvalue weighted by molar-refractivity contribution is 9.10. The van der Waals surface area contributed by atoms with Crippen molar-refractivity contribution in [1.29, 1.82) is 0 Å². The quantitative estimate of drug-likeness (QED) is 0.884. The zero-order chi connectivity index (χ0) is 13.0. The van der Waals surface area contributed by atoms with Crippen LogP contribution in [0.1, 0.15) is 4.88 Å². The summed E-state index contributed by atoms with van der Waals surface area (Å²) in [5.41, 5.74) is 6.03. The van der Waals surface area contributed by atoms with Gasteiger partial charge in [0.15, 0.2) is 0 Å². The third kappa shape index (κ3) is 4.28. The van der Waals surface area contributed by atoms with Crippen molar-refractivity contribution in [3.05, 3.63) is 50.1 Å². The minimum absolute atomic E-state index is 0.00812. The van der Waals surface area contributed by atoms with Gasteiger partial charge in [0.05, 0.1) is 0 Å². The average Bonchev–Trinajstić information content (AvgIpc) is 2.74. The number of nitrogens with two attached hydrogens (primary N) is 1. The lowest BCUT2D eigenvalue weighted by atomic mass is 10.2. The molecule has 1 aromatic carbocycles. The van der Waals surface area contributed by atoms with Crippen molar-refractivity contribution < 1.29 is 4.74 Å². The van der Waals surface area contributed by atoms with Crippen LogP contribution in [0.2, 0.25) is 5.02 Å². The van der Waals surface area contributed by atoms with Crippen LogP contribution in [-0.2, 0) is 6.42 Å². The van der Waals surface area contributed by atoms with Gasteiger partial charge in [-0.15, -0.1) is 11.3 Å². The Hall–Kier alpha value is -0.550. The van der Waals surface area contributed by atoms with Gasteiger partial charge >= 0.3 is 0 Å². The van der Waals surface area contributed by atoms with Gasteiger partial charge in [-0.05, 0) is 46.3 Å². The van der Waals surface area contributed by atoms with E-state index < -0.39 is 0 Å². The Labute approximate surface area is 124 Å². The Bertz CT molecular complexity index is 500. The van der Waals surface area contributed by atoms with Gasteiger partial charge in [-0.1, -0.05) is 11.6 Å². The molecule has 1 atom stereocenters. The summed E-state index contributed by atoms with van der Waals surface area (Å²) >= 11 is 10.9. The summed E-state index contributed by atoms with van der Waals surface area (Å²) in [6, 6.07) is 9.38. The molecule has 2 rings (SSSR count). The molecule has 1 unspecified atom stereocenters. The maximum atomic E-state index is 6.03. The molecule has 0 amide bonds. The van der Waals surface area contributed by atoms with Crippen LogP contribution < -0.4 is 10.5 Å². The molecule has 5 heteroatoms. The van der Waals surface area contributed by atoms with E-state index >= 15 is 0 Å². The van der Waals surface area contributed by atoms with Crippen molar-refractivity contribution in [2.45, 2.75) is 12.5 Å². The number of thiophene rings is 1. The molecule has 0 aliphatic rings. The zero-order valence-corrected chi connectivity index (χ0v) is 12.8. The fraction of sp³-hybridized carbons (Fsp3) is 0.231. The molecular formula is C13H13BrClNOS. The molecule has 0 aliphatic heterocycles. The van der Waals surface area contributed by atoms with Crippen LogP contribution in [0.3, 0.4) is 0 Å². The number of ether oxygens (including phenoxy) is 1. The Kier molecular flexibility index (Phi) is 5.06. The summed E-state index contributed by atoms with van der Waals surface area (Å²) in [5, 5.41) is 2.76. The van der Waals surface area contributed by atoms with E-state index in [4.69, 9.17) is 22.1 Å². The van der Waals surface area contributed by atoms with Crippen LogP contribution in [0.5, 0.6) is 5.75 Å². The van der Waals surface area contributed by atoms with Gasteiger partial charge in [-0.25, -0.2) is 0 Å². The van der Waals surface area contributed by atoms with Crippen molar-refractivity contribution >= 4 is 38.9 Å². The number of hydrogen-bond donors (Lipinski definition) is 1. The summed E-state index contributed by atoms with van der Waals surface area (Å²) in [7, 11) is 0. The molecule has 0 saturated heterocycles. The highest BCUT2D eigenvalue weighted by Crippen LogP contribution is 2.21. The molecule has 96 valence electrons. The first kappa shape index (κ1) is 13.9. The molecule has 0 aliphatic carbocycles. The van der Waals surface area contributed by atoms with Gasteiger partial charge in [-0.2, -0.15) is 0 Å². The lowest BCUT2D eigenvalue weighted by molar-refractivity contribution is 0.288. The van der Waals surface area contributed by atoms with E-state index in [9.17, 15) is 0 Å². The molecular weight excluding hydrogens is 334 g/mol. The number of rotatable bonds is 5. The van der Waals surface area contributed by atoms with Crippen molar-refractivity contribution in [1.82, 2.24) is 0 Å². The second-order valence-electron chi connectivity index (χ2n) is 3.96. The summed E-state index contributed by atoms with van der Waals surface area (Å²) in [6.07, 6.45) is 0.823. The molecule has 0 spiro atoms. The van der Waals surface area contributed by atoms with Gasteiger partial charge in [-0.3, -0.25) is 0 Å². The first-order valence-electron chi connectivity index (χ1n) is 5.50. The van der Waals surface area contributed by atoms with Crippen LogP contribution in [0, 0.1) is 0 Å². The lowest BCUT2D eigenvalue weighted by Gasteiger charge is -2.12. The largest absolute Gasteiger partial charge is 0.492 e. The molecule has 0 saturated carbocycles. The van der Waals surface area contributed by atoms with Crippen molar-refractivity contribution in [2.24, 2.45) is 5.73 Å². The molecule has 0 radical (unpaired) electrons. The third-order valence-electron chi connectivity index (χ3n) is 2.36. The average molecular weight is 347 g/mol. The topological polar surface area (TPSA) is 35.2 Å². The minimum Gasteiger partial charge on any atom is -0.492 e. The number of benzene rings is 1. The van der Waals surface area contributed by atoms with Gasteiger partial charge in [0.25, 0.3) is 0 Å². The third-order valence-corrected chi connectivity index (χ3v) is 4.33. The Balaban J connectivity index is 1.81. The predicted molar refractivity (Wildman–Crippen MR) is 80.6 cm³/mol. The van der Waals surface area contributed by atoms with Crippen LogP contribution >= 0.6 is 38.9 Å². The molecule has 2 N–H and O–H groups in total. The normalized spacial score (nSPS) is 12.4. The summed E-state index contributed by atoms with van der Waals surface area (Å²) in [6.45, 7) is 0.497. The van der Waals surface area contributed by atoms with Crippen molar-refractivity contribution in [3.8, 4) is 5.75 Å². The van der Waals surface area contributed by atoms with Crippen molar-refractivity contribution in [2.75, 3.05) is 6.61 Å². The first-order chi connectivity index (χ1) is 8.63. The fourth-order valence-corrected chi connectivity index (χ4v) is 3.18. The van der Waals surface area contributed by atoms with Crippen LogP contribution in [0.4, 0.5) is 0 Å². The van der Waals surface area contributed by atoms with E-state index in [1.807, 2.05) is 12.1 Å². The summed E-state index contributed by atoms with van der Waals surface area (Å²) in [5.74, 6) is 0.794. The Morgan fingerprint density at radius 2 is 2.06 bits per heavy atom. The predicted octanol–water partition coefficient (Wildman–Crippen LogP) is 4.11. The highest BCUT2D eigenvalue weighted by atomic mass is 79.9. The molecule has 18 heavy (non-hydrogen) atoms. The van der Waals surface area contributed by atoms with Gasteiger partial charge in [0.2, 0.25) is 0 Å². The molecule has 0 fully saturated rings. The van der Waals surface area contributed by atoms with E-state index in [0.29, 0.717) is 11.6 Å². The SMILES string of the molecule is NC(COc1ccc(Cl)cc1)Cc1cc(Br)cs1. The second kappa shape index (κ2) is 6.57.